The standard InChI is InChI=1S/C22H26F6N3O2P/c1-29(2)34(30(3)15-16-31(34)4)32-19(21(23,24)25,17-11-7-5-8-12-17)20(33-34,22(26,27)28)18-13-9-6-10-14-18/h5-14H,15-16H2,1-4H3. The first kappa shape index (κ1) is 25.3. The van der Waals surface area contributed by atoms with Gasteiger partial charge < -0.3 is 0 Å². The van der Waals surface area contributed by atoms with Gasteiger partial charge in [0, 0.05) is 0 Å². The molecular formula is C22H26F6N3O2P. The van der Waals surface area contributed by atoms with Gasteiger partial charge in [0.1, 0.15) is 0 Å². The Labute approximate surface area is 194 Å². The molecule has 2 saturated heterocycles. The maximum atomic E-state index is 15.4. The summed E-state index contributed by atoms with van der Waals surface area (Å²) in [6, 6.07) is 11.9. The van der Waals surface area contributed by atoms with Crippen molar-refractivity contribution in [2.24, 2.45) is 0 Å². The summed E-state index contributed by atoms with van der Waals surface area (Å²) in [7, 11) is 0.529. The van der Waals surface area contributed by atoms with E-state index in [1.54, 1.807) is 0 Å². The number of halogens is 6. The zero-order chi connectivity index (χ0) is 25.2. The van der Waals surface area contributed by atoms with Crippen LogP contribution in [0.5, 0.6) is 0 Å². The number of benzene rings is 2. The Hall–Kier alpha value is -1.75. The van der Waals surface area contributed by atoms with Gasteiger partial charge >= 0.3 is 194 Å². The van der Waals surface area contributed by atoms with E-state index in [1.807, 2.05) is 0 Å². The van der Waals surface area contributed by atoms with Crippen LogP contribution in [0.4, 0.5) is 26.3 Å². The number of alkyl halides is 6. The van der Waals surface area contributed by atoms with Crippen LogP contribution in [-0.2, 0) is 20.2 Å². The van der Waals surface area contributed by atoms with Crippen molar-refractivity contribution in [3.63, 3.8) is 0 Å². The summed E-state index contributed by atoms with van der Waals surface area (Å²) in [6.07, 6.45) is -11.1. The van der Waals surface area contributed by atoms with Gasteiger partial charge in [0.25, 0.3) is 0 Å². The molecule has 1 spiro atoms. The molecule has 2 atom stereocenters. The molecule has 0 aromatic heterocycles. The fourth-order valence-corrected chi connectivity index (χ4v) is 10.4. The van der Waals surface area contributed by atoms with E-state index in [9.17, 15) is 0 Å². The minimum atomic E-state index is -5.53. The van der Waals surface area contributed by atoms with Crippen LogP contribution in [0.25, 0.3) is 0 Å². The van der Waals surface area contributed by atoms with Crippen molar-refractivity contribution in [3.05, 3.63) is 71.8 Å². The van der Waals surface area contributed by atoms with E-state index in [-0.39, 0.29) is 13.1 Å². The van der Waals surface area contributed by atoms with Crippen LogP contribution < -0.4 is 0 Å². The van der Waals surface area contributed by atoms with Gasteiger partial charge in [0.15, 0.2) is 0 Å². The molecule has 0 aliphatic carbocycles. The topological polar surface area (TPSA) is 28.2 Å². The van der Waals surface area contributed by atoms with E-state index < -0.39 is 42.2 Å². The summed E-state index contributed by atoms with van der Waals surface area (Å²) in [5.41, 5.74) is -9.20. The number of nitrogens with zero attached hydrogens (tertiary/aromatic N) is 3. The summed E-state index contributed by atoms with van der Waals surface area (Å²) >= 11 is 0. The van der Waals surface area contributed by atoms with E-state index >= 15 is 26.3 Å². The molecule has 0 amide bonds. The molecule has 2 unspecified atom stereocenters. The van der Waals surface area contributed by atoms with Crippen molar-refractivity contribution < 1.29 is 35.4 Å². The molecule has 0 N–H and O–H groups in total. The number of hydrogen-bond donors (Lipinski definition) is 0. The zero-order valence-electron chi connectivity index (χ0n) is 19.1. The Bertz CT molecular complexity index is 973. The van der Waals surface area contributed by atoms with Gasteiger partial charge in [0.2, 0.25) is 0 Å². The first-order valence-corrected chi connectivity index (χ1v) is 12.4. The number of hydrogen-bond acceptors (Lipinski definition) is 5. The molecule has 34 heavy (non-hydrogen) atoms. The average Bonchev–Trinajstić information content (AvgIpc) is 3.24. The SMILES string of the molecule is CN(C)P12(OC(c3ccccc3)(C(F)(F)F)C(c3ccccc3)(C(F)(F)F)O1)N(C)CCN2C. The Morgan fingerprint density at radius 1 is 0.706 bits per heavy atom. The van der Waals surface area contributed by atoms with E-state index in [0.29, 0.717) is 0 Å². The molecule has 188 valence electrons. The summed E-state index contributed by atoms with van der Waals surface area (Å²) in [4.78, 5) is 0. The Kier molecular flexibility index (Phi) is 5.68. The average molecular weight is 509 g/mol. The monoisotopic (exact) mass is 509 g/mol. The third-order valence-electron chi connectivity index (χ3n) is 6.85. The zero-order valence-corrected chi connectivity index (χ0v) is 20.0. The first-order valence-electron chi connectivity index (χ1n) is 10.5. The van der Waals surface area contributed by atoms with Crippen LogP contribution in [0.2, 0.25) is 0 Å². The molecule has 2 aliphatic rings. The molecule has 0 radical (unpaired) electrons. The first-order chi connectivity index (χ1) is 15.7. The number of likely N-dealkylation sites (N-methyl/N-ethyl adjacent to an activating group) is 2. The summed E-state index contributed by atoms with van der Waals surface area (Å²) < 4.78 is 108. The molecule has 0 bridgehead atoms. The molecule has 2 aromatic carbocycles. The van der Waals surface area contributed by atoms with Crippen molar-refractivity contribution in [2.75, 3.05) is 41.3 Å². The van der Waals surface area contributed by atoms with Gasteiger partial charge in [-0.3, -0.25) is 0 Å². The molecule has 2 heterocycles. The quantitative estimate of drug-likeness (QED) is 0.402. The van der Waals surface area contributed by atoms with Gasteiger partial charge in [0.05, 0.1) is 0 Å². The van der Waals surface area contributed by atoms with E-state index in [4.69, 9.17) is 9.05 Å². The Balaban J connectivity index is 2.26. The van der Waals surface area contributed by atoms with E-state index in [1.165, 1.54) is 78.6 Å². The van der Waals surface area contributed by atoms with Gasteiger partial charge in [-0.2, -0.15) is 0 Å². The van der Waals surface area contributed by atoms with E-state index in [0.717, 1.165) is 24.3 Å². The van der Waals surface area contributed by atoms with Crippen molar-refractivity contribution in [1.82, 2.24) is 14.0 Å². The van der Waals surface area contributed by atoms with Gasteiger partial charge in [-0.15, -0.1) is 0 Å². The maximum absolute atomic E-state index is 15.4. The second-order valence-corrected chi connectivity index (χ2v) is 12.9. The third-order valence-corrected chi connectivity index (χ3v) is 12.1. The van der Waals surface area contributed by atoms with Crippen molar-refractivity contribution in [2.45, 2.75) is 23.6 Å². The van der Waals surface area contributed by atoms with Gasteiger partial charge in [-0.25, -0.2) is 0 Å². The van der Waals surface area contributed by atoms with Gasteiger partial charge in [-0.05, 0) is 0 Å². The predicted octanol–water partition coefficient (Wildman–Crippen LogP) is 5.52. The third kappa shape index (κ3) is 2.79. The Morgan fingerprint density at radius 3 is 1.29 bits per heavy atom. The second kappa shape index (κ2) is 7.62. The molecular weight excluding hydrogens is 483 g/mol. The van der Waals surface area contributed by atoms with Crippen molar-refractivity contribution in [1.29, 1.82) is 0 Å². The van der Waals surface area contributed by atoms with Crippen LogP contribution >= 0.6 is 7.51 Å². The minimum absolute atomic E-state index is 0.151. The van der Waals surface area contributed by atoms with Crippen molar-refractivity contribution in [3.8, 4) is 0 Å². The summed E-state index contributed by atoms with van der Waals surface area (Å²) in [5.74, 6) is 0. The molecule has 2 aromatic rings. The second-order valence-electron chi connectivity index (χ2n) is 8.72. The molecule has 4 rings (SSSR count). The van der Waals surface area contributed by atoms with Crippen molar-refractivity contribution >= 4 is 7.51 Å². The fourth-order valence-electron chi connectivity index (χ4n) is 5.26. The molecule has 0 saturated carbocycles. The normalized spacial score (nSPS) is 31.1. The number of rotatable bonds is 3. The van der Waals surface area contributed by atoms with E-state index in [2.05, 4.69) is 0 Å². The molecule has 2 aliphatic heterocycles. The van der Waals surface area contributed by atoms with Crippen LogP contribution in [0.3, 0.4) is 0 Å². The van der Waals surface area contributed by atoms with Gasteiger partial charge in [-0.1, -0.05) is 0 Å². The van der Waals surface area contributed by atoms with Crippen LogP contribution in [0.15, 0.2) is 60.7 Å². The summed E-state index contributed by atoms with van der Waals surface area (Å²) in [6.45, 7) is 0.301. The Morgan fingerprint density at radius 2 is 1.03 bits per heavy atom. The van der Waals surface area contributed by atoms with Crippen LogP contribution in [-0.4, -0.2) is 67.6 Å². The van der Waals surface area contributed by atoms with Crippen LogP contribution in [0.1, 0.15) is 11.1 Å². The molecule has 5 nitrogen and oxygen atoms in total. The predicted molar refractivity (Wildman–Crippen MR) is 116 cm³/mol. The summed E-state index contributed by atoms with van der Waals surface area (Å²) in [5, 5.41) is 0. The van der Waals surface area contributed by atoms with Crippen LogP contribution in [0, 0.1) is 0 Å². The fraction of sp³-hybridized carbons (Fsp3) is 0.455. The molecule has 12 heteroatoms. The molecule has 2 fully saturated rings.